The summed E-state index contributed by atoms with van der Waals surface area (Å²) in [6.45, 7) is 2.53. The highest BCUT2D eigenvalue weighted by Crippen LogP contribution is 2.33. The zero-order valence-electron chi connectivity index (χ0n) is 14.2. The van der Waals surface area contributed by atoms with Gasteiger partial charge in [-0.3, -0.25) is 14.6 Å². The molecule has 7 heteroatoms. The Morgan fingerprint density at radius 3 is 2.27 bits per heavy atom. The minimum Gasteiger partial charge on any atom is -0.271 e. The molecule has 1 saturated heterocycles. The van der Waals surface area contributed by atoms with Crippen LogP contribution in [0.2, 0.25) is 5.02 Å². The van der Waals surface area contributed by atoms with Gasteiger partial charge in [-0.2, -0.15) is 5.11 Å². The lowest BCUT2D eigenvalue weighted by atomic mass is 10.1. The highest BCUT2D eigenvalue weighted by molar-refractivity contribution is 6.31. The molecule has 2 aliphatic rings. The number of benzene rings is 2. The van der Waals surface area contributed by atoms with Gasteiger partial charge in [0.15, 0.2) is 12.1 Å². The summed E-state index contributed by atoms with van der Waals surface area (Å²) >= 11 is 5.89. The summed E-state index contributed by atoms with van der Waals surface area (Å²) < 4.78 is 0. The fourth-order valence-electron chi connectivity index (χ4n) is 3.27. The van der Waals surface area contributed by atoms with Crippen LogP contribution in [-0.2, 0) is 22.6 Å². The van der Waals surface area contributed by atoms with E-state index in [1.165, 1.54) is 10.5 Å². The normalized spacial score (nSPS) is 21.6. The number of nitrogens with zero attached hydrogens (tertiary/aromatic N) is 4. The number of carbonyl (C=O) groups is 2. The Balaban J connectivity index is 1.56. The van der Waals surface area contributed by atoms with Gasteiger partial charge in [0.1, 0.15) is 0 Å². The second-order valence-electron chi connectivity index (χ2n) is 6.35. The first kappa shape index (κ1) is 16.7. The summed E-state index contributed by atoms with van der Waals surface area (Å²) in [6.07, 6.45) is 0.970. The molecule has 0 radical (unpaired) electrons. The minimum atomic E-state index is -0.784. The maximum Gasteiger partial charge on any atom is 0.263 e. The van der Waals surface area contributed by atoms with Gasteiger partial charge in [-0.25, -0.2) is 4.90 Å². The van der Waals surface area contributed by atoms with Crippen molar-refractivity contribution in [1.29, 1.82) is 0 Å². The Labute approximate surface area is 156 Å². The maximum atomic E-state index is 12.9. The van der Waals surface area contributed by atoms with Crippen molar-refractivity contribution in [2.75, 3.05) is 4.90 Å². The van der Waals surface area contributed by atoms with Crippen LogP contribution in [0.25, 0.3) is 0 Å². The van der Waals surface area contributed by atoms with Gasteiger partial charge in [-0.1, -0.05) is 48.0 Å². The lowest BCUT2D eigenvalue weighted by Crippen LogP contribution is -2.39. The van der Waals surface area contributed by atoms with E-state index in [0.29, 0.717) is 17.3 Å². The molecule has 2 amide bonds. The van der Waals surface area contributed by atoms with E-state index in [0.717, 1.165) is 12.0 Å². The van der Waals surface area contributed by atoms with Crippen molar-refractivity contribution in [2.45, 2.75) is 32.0 Å². The molecule has 2 heterocycles. The van der Waals surface area contributed by atoms with Crippen LogP contribution < -0.4 is 4.90 Å². The molecule has 0 bridgehead atoms. The zero-order chi connectivity index (χ0) is 18.3. The lowest BCUT2D eigenvalue weighted by molar-refractivity contribution is -0.123. The summed E-state index contributed by atoms with van der Waals surface area (Å²) in [5.74, 6) is -0.660. The van der Waals surface area contributed by atoms with Crippen molar-refractivity contribution in [3.63, 3.8) is 0 Å². The number of imide groups is 1. The zero-order valence-corrected chi connectivity index (χ0v) is 14.9. The van der Waals surface area contributed by atoms with Gasteiger partial charge in [0, 0.05) is 5.02 Å². The van der Waals surface area contributed by atoms with E-state index in [2.05, 4.69) is 29.4 Å². The third kappa shape index (κ3) is 2.76. The SMILES string of the molecule is CCc1ccc(CN2N=N[C@H]3C(=O)N(c4ccc(Cl)cc4)C(=O)[C@H]32)cc1. The van der Waals surface area contributed by atoms with Gasteiger partial charge in [-0.05, 0) is 41.8 Å². The van der Waals surface area contributed by atoms with Crippen LogP contribution in [0.1, 0.15) is 18.1 Å². The van der Waals surface area contributed by atoms with Crippen LogP contribution in [0.15, 0.2) is 58.9 Å². The number of hydrogen-bond donors (Lipinski definition) is 0. The van der Waals surface area contributed by atoms with E-state index in [1.807, 2.05) is 12.1 Å². The van der Waals surface area contributed by atoms with Gasteiger partial charge in [0.2, 0.25) is 0 Å². The summed E-state index contributed by atoms with van der Waals surface area (Å²) in [4.78, 5) is 26.7. The predicted octanol–water partition coefficient (Wildman–Crippen LogP) is 3.40. The van der Waals surface area contributed by atoms with Crippen molar-refractivity contribution in [3.8, 4) is 0 Å². The van der Waals surface area contributed by atoms with E-state index in [-0.39, 0.29) is 11.8 Å². The number of halogens is 1. The molecule has 0 aromatic heterocycles. The fourth-order valence-corrected chi connectivity index (χ4v) is 3.39. The average molecular weight is 369 g/mol. The van der Waals surface area contributed by atoms with Crippen LogP contribution in [0.5, 0.6) is 0 Å². The second kappa shape index (κ2) is 6.53. The van der Waals surface area contributed by atoms with Crippen LogP contribution in [0.3, 0.4) is 0 Å². The highest BCUT2D eigenvalue weighted by atomic mass is 35.5. The average Bonchev–Trinajstić information content (AvgIpc) is 3.17. The van der Waals surface area contributed by atoms with Crippen molar-refractivity contribution in [3.05, 3.63) is 64.7 Å². The molecule has 0 aliphatic carbocycles. The predicted molar refractivity (Wildman–Crippen MR) is 97.7 cm³/mol. The summed E-state index contributed by atoms with van der Waals surface area (Å²) in [6, 6.07) is 13.3. The van der Waals surface area contributed by atoms with Crippen molar-refractivity contribution in [2.24, 2.45) is 10.3 Å². The topological polar surface area (TPSA) is 65.3 Å². The smallest absolute Gasteiger partial charge is 0.263 e. The molecule has 2 aliphatic heterocycles. The van der Waals surface area contributed by atoms with Crippen LogP contribution >= 0.6 is 11.6 Å². The number of aryl methyl sites for hydroxylation is 1. The Morgan fingerprint density at radius 2 is 1.62 bits per heavy atom. The van der Waals surface area contributed by atoms with E-state index in [9.17, 15) is 9.59 Å². The molecule has 2 aromatic rings. The quantitative estimate of drug-likeness (QED) is 0.777. The van der Waals surface area contributed by atoms with E-state index >= 15 is 0 Å². The first-order chi connectivity index (χ1) is 12.6. The van der Waals surface area contributed by atoms with Crippen molar-refractivity contribution < 1.29 is 9.59 Å². The molecule has 0 spiro atoms. The molecule has 2 aromatic carbocycles. The van der Waals surface area contributed by atoms with Crippen LogP contribution in [-0.4, -0.2) is 28.9 Å². The molecular weight excluding hydrogens is 352 g/mol. The largest absolute Gasteiger partial charge is 0.271 e. The van der Waals surface area contributed by atoms with Gasteiger partial charge in [0.25, 0.3) is 11.8 Å². The molecule has 6 nitrogen and oxygen atoms in total. The molecule has 0 saturated carbocycles. The van der Waals surface area contributed by atoms with E-state index in [4.69, 9.17) is 11.6 Å². The molecule has 0 unspecified atom stereocenters. The van der Waals surface area contributed by atoms with Crippen molar-refractivity contribution >= 4 is 29.1 Å². The Kier molecular flexibility index (Phi) is 4.20. The third-order valence-electron chi connectivity index (χ3n) is 4.72. The lowest BCUT2D eigenvalue weighted by Gasteiger charge is -2.20. The molecule has 0 N–H and O–H groups in total. The summed E-state index contributed by atoms with van der Waals surface area (Å²) in [5.41, 5.74) is 2.77. The number of hydrogen-bond acceptors (Lipinski definition) is 5. The van der Waals surface area contributed by atoms with E-state index < -0.39 is 12.1 Å². The first-order valence-corrected chi connectivity index (χ1v) is 8.85. The van der Waals surface area contributed by atoms with Gasteiger partial charge in [0.05, 0.1) is 12.2 Å². The third-order valence-corrected chi connectivity index (χ3v) is 4.97. The molecule has 26 heavy (non-hydrogen) atoms. The highest BCUT2D eigenvalue weighted by Gasteiger charge is 2.54. The number of rotatable bonds is 4. The standard InChI is InChI=1S/C19H17ClN4O2/c1-2-12-3-5-13(6-4-12)11-23-17-16(21-22-23)18(25)24(19(17)26)15-9-7-14(20)8-10-15/h3-10,16-17H,2,11H2,1H3/t16-,17+/m1/s1. The first-order valence-electron chi connectivity index (χ1n) is 8.47. The van der Waals surface area contributed by atoms with Gasteiger partial charge < -0.3 is 0 Å². The molecule has 132 valence electrons. The monoisotopic (exact) mass is 368 g/mol. The minimum absolute atomic E-state index is 0.308. The second-order valence-corrected chi connectivity index (χ2v) is 6.79. The van der Waals surface area contributed by atoms with Crippen LogP contribution in [0, 0.1) is 0 Å². The number of fused-ring (bicyclic) bond motifs is 1. The van der Waals surface area contributed by atoms with Crippen LogP contribution in [0.4, 0.5) is 5.69 Å². The Morgan fingerprint density at radius 1 is 0.962 bits per heavy atom. The van der Waals surface area contributed by atoms with Gasteiger partial charge in [-0.15, -0.1) is 0 Å². The summed E-state index contributed by atoms with van der Waals surface area (Å²) in [7, 11) is 0. The molecular formula is C19H17ClN4O2. The summed E-state index contributed by atoms with van der Waals surface area (Å²) in [5, 5.41) is 10.3. The Bertz CT molecular complexity index is 879. The molecule has 1 fully saturated rings. The maximum absolute atomic E-state index is 12.9. The van der Waals surface area contributed by atoms with E-state index in [1.54, 1.807) is 29.3 Å². The van der Waals surface area contributed by atoms with Gasteiger partial charge >= 0.3 is 0 Å². The Hall–Kier alpha value is -2.73. The number of anilines is 1. The fraction of sp³-hybridized carbons (Fsp3) is 0.263. The number of amides is 2. The molecule has 4 rings (SSSR count). The number of carbonyl (C=O) groups excluding carboxylic acids is 2. The molecule has 2 atom stereocenters. The van der Waals surface area contributed by atoms with Crippen molar-refractivity contribution in [1.82, 2.24) is 5.01 Å².